The fraction of sp³-hybridized carbons (Fsp3) is 0.875. The summed E-state index contributed by atoms with van der Waals surface area (Å²) in [5.74, 6) is 0.657. The van der Waals surface area contributed by atoms with Gasteiger partial charge >= 0.3 is 0 Å². The van der Waals surface area contributed by atoms with Gasteiger partial charge in [0.1, 0.15) is 6.54 Å². The third-order valence-corrected chi connectivity index (χ3v) is 3.05. The largest absolute Gasteiger partial charge is 0.382 e. The Morgan fingerprint density at radius 2 is 1.50 bits per heavy atom. The second kappa shape index (κ2) is 18.7. The zero-order valence-electron chi connectivity index (χ0n) is 15.6. The molecule has 0 saturated carbocycles. The molecule has 7 nitrogen and oxygen atoms in total. The van der Waals surface area contributed by atoms with Crippen LogP contribution in [0.4, 0.5) is 0 Å². The molecule has 0 aromatic heterocycles. The number of guanidine groups is 1. The van der Waals surface area contributed by atoms with Gasteiger partial charge in [-0.2, -0.15) is 0 Å². The molecule has 0 unspecified atom stereocenters. The molecule has 0 radical (unpaired) electrons. The Hall–Kier alpha value is -0.610. The molecule has 0 atom stereocenters. The van der Waals surface area contributed by atoms with E-state index >= 15 is 0 Å². The Bertz CT molecular complexity index is 328. The maximum Gasteiger partial charge on any atom is 0.243 e. The molecular formula is C16H35IN4O3. The number of hydrogen-bond donors (Lipinski definition) is 2. The minimum absolute atomic E-state index is 0. The van der Waals surface area contributed by atoms with Gasteiger partial charge in [-0.25, -0.2) is 4.99 Å². The molecule has 0 aromatic carbocycles. The number of nitrogens with zero attached hydrogens (tertiary/aromatic N) is 2. The third kappa shape index (κ3) is 16.3. The average Bonchev–Trinajstić information content (AvgIpc) is 2.54. The molecule has 0 rings (SSSR count). The molecule has 0 fully saturated rings. The van der Waals surface area contributed by atoms with Gasteiger partial charge in [-0.3, -0.25) is 4.79 Å². The Kier molecular flexibility index (Phi) is 20.0. The van der Waals surface area contributed by atoms with Crippen molar-refractivity contribution < 1.29 is 14.3 Å². The fourth-order valence-electron chi connectivity index (χ4n) is 1.67. The molecule has 0 saturated heterocycles. The molecular weight excluding hydrogens is 423 g/mol. The summed E-state index contributed by atoms with van der Waals surface area (Å²) in [7, 11) is 3.46. The van der Waals surface area contributed by atoms with Crippen LogP contribution in [-0.4, -0.2) is 76.9 Å². The van der Waals surface area contributed by atoms with Crippen molar-refractivity contribution in [1.82, 2.24) is 15.5 Å². The molecule has 144 valence electrons. The third-order valence-electron chi connectivity index (χ3n) is 3.05. The molecule has 0 aliphatic rings. The zero-order chi connectivity index (χ0) is 17.3. The first kappa shape index (κ1) is 25.6. The van der Waals surface area contributed by atoms with Gasteiger partial charge in [-0.05, 0) is 33.1 Å². The van der Waals surface area contributed by atoms with Crippen molar-refractivity contribution >= 4 is 35.8 Å². The van der Waals surface area contributed by atoms with Gasteiger partial charge in [0.2, 0.25) is 5.91 Å². The van der Waals surface area contributed by atoms with E-state index in [2.05, 4.69) is 15.6 Å². The maximum atomic E-state index is 11.6. The van der Waals surface area contributed by atoms with E-state index < -0.39 is 0 Å². The van der Waals surface area contributed by atoms with E-state index in [1.54, 1.807) is 14.1 Å². The molecule has 24 heavy (non-hydrogen) atoms. The predicted octanol–water partition coefficient (Wildman–Crippen LogP) is 1.47. The minimum Gasteiger partial charge on any atom is -0.382 e. The van der Waals surface area contributed by atoms with Crippen LogP contribution in [0.15, 0.2) is 4.99 Å². The molecule has 1 amide bonds. The molecule has 0 aliphatic carbocycles. The molecule has 0 bridgehead atoms. The number of carbonyl (C=O) groups is 1. The van der Waals surface area contributed by atoms with Gasteiger partial charge in [0, 0.05) is 53.6 Å². The topological polar surface area (TPSA) is 75.2 Å². The molecule has 0 spiro atoms. The van der Waals surface area contributed by atoms with Crippen LogP contribution in [0.5, 0.6) is 0 Å². The number of amides is 1. The monoisotopic (exact) mass is 458 g/mol. The van der Waals surface area contributed by atoms with Gasteiger partial charge in [-0.1, -0.05) is 0 Å². The highest BCUT2D eigenvalue weighted by atomic mass is 127. The lowest BCUT2D eigenvalue weighted by Gasteiger charge is -2.14. The van der Waals surface area contributed by atoms with Crippen LogP contribution in [0.2, 0.25) is 0 Å². The predicted molar refractivity (Wildman–Crippen MR) is 109 cm³/mol. The summed E-state index contributed by atoms with van der Waals surface area (Å²) >= 11 is 0. The lowest BCUT2D eigenvalue weighted by molar-refractivity contribution is -0.127. The maximum absolute atomic E-state index is 11.6. The average molecular weight is 458 g/mol. The van der Waals surface area contributed by atoms with E-state index in [4.69, 9.17) is 9.47 Å². The number of nitrogens with one attached hydrogen (secondary N) is 2. The summed E-state index contributed by atoms with van der Waals surface area (Å²) in [6.07, 6.45) is 2.91. The molecule has 0 heterocycles. The van der Waals surface area contributed by atoms with Gasteiger partial charge in [0.15, 0.2) is 5.96 Å². The van der Waals surface area contributed by atoms with Crippen molar-refractivity contribution in [2.24, 2.45) is 4.99 Å². The summed E-state index contributed by atoms with van der Waals surface area (Å²) in [5, 5.41) is 6.49. The Morgan fingerprint density at radius 1 is 0.958 bits per heavy atom. The highest BCUT2D eigenvalue weighted by Crippen LogP contribution is 1.89. The summed E-state index contributed by atoms with van der Waals surface area (Å²) < 4.78 is 10.6. The number of ether oxygens (including phenoxy) is 2. The number of carbonyl (C=O) groups excluding carboxylic acids is 1. The van der Waals surface area contributed by atoms with E-state index in [-0.39, 0.29) is 36.4 Å². The van der Waals surface area contributed by atoms with Crippen molar-refractivity contribution in [3.05, 3.63) is 0 Å². The quantitative estimate of drug-likeness (QED) is 0.189. The SMILES string of the molecule is CCOCCCCNC(=NCC(=O)N(C)C)NCCCOCC.I. The van der Waals surface area contributed by atoms with Crippen LogP contribution in [0.3, 0.4) is 0 Å². The van der Waals surface area contributed by atoms with Crippen LogP contribution >= 0.6 is 24.0 Å². The zero-order valence-corrected chi connectivity index (χ0v) is 17.9. The fourth-order valence-corrected chi connectivity index (χ4v) is 1.67. The number of hydrogen-bond acceptors (Lipinski definition) is 4. The number of unbranched alkanes of at least 4 members (excludes halogenated alkanes) is 1. The van der Waals surface area contributed by atoms with E-state index in [1.165, 1.54) is 4.90 Å². The van der Waals surface area contributed by atoms with E-state index in [0.29, 0.717) is 5.96 Å². The summed E-state index contributed by atoms with van der Waals surface area (Å²) in [6, 6.07) is 0. The second-order valence-corrected chi connectivity index (χ2v) is 5.26. The Morgan fingerprint density at radius 3 is 2.04 bits per heavy atom. The van der Waals surface area contributed by atoms with Crippen LogP contribution < -0.4 is 10.6 Å². The van der Waals surface area contributed by atoms with Gasteiger partial charge in [-0.15, -0.1) is 24.0 Å². The van der Waals surface area contributed by atoms with Crippen molar-refractivity contribution in [3.63, 3.8) is 0 Å². The second-order valence-electron chi connectivity index (χ2n) is 5.26. The number of likely N-dealkylation sites (N-methyl/N-ethyl adjacent to an activating group) is 1. The lowest BCUT2D eigenvalue weighted by atomic mass is 10.3. The van der Waals surface area contributed by atoms with Crippen LogP contribution in [0.1, 0.15) is 33.1 Å². The standard InChI is InChI=1S/C16H34N4O3.HI/c1-5-22-12-8-7-10-17-16(18-11-9-13-23-6-2)19-14-15(21)20(3)4;/h5-14H2,1-4H3,(H2,17,18,19);1H. The summed E-state index contributed by atoms with van der Waals surface area (Å²) in [4.78, 5) is 17.5. The van der Waals surface area contributed by atoms with Crippen molar-refractivity contribution in [3.8, 4) is 0 Å². The Balaban J connectivity index is 0. The smallest absolute Gasteiger partial charge is 0.243 e. The highest BCUT2D eigenvalue weighted by molar-refractivity contribution is 14.0. The lowest BCUT2D eigenvalue weighted by Crippen LogP contribution is -2.39. The van der Waals surface area contributed by atoms with Crippen molar-refractivity contribution in [2.75, 3.05) is 60.2 Å². The number of halogens is 1. The highest BCUT2D eigenvalue weighted by Gasteiger charge is 2.04. The van der Waals surface area contributed by atoms with Crippen molar-refractivity contribution in [2.45, 2.75) is 33.1 Å². The summed E-state index contributed by atoms with van der Waals surface area (Å²) in [5.41, 5.74) is 0. The van der Waals surface area contributed by atoms with E-state index in [9.17, 15) is 4.79 Å². The first-order chi connectivity index (χ1) is 11.1. The minimum atomic E-state index is -0.0169. The van der Waals surface area contributed by atoms with Gasteiger partial charge in [0.05, 0.1) is 0 Å². The Labute approximate surface area is 164 Å². The van der Waals surface area contributed by atoms with E-state index in [0.717, 1.165) is 58.8 Å². The van der Waals surface area contributed by atoms with Gasteiger partial charge < -0.3 is 25.0 Å². The first-order valence-corrected chi connectivity index (χ1v) is 8.49. The van der Waals surface area contributed by atoms with Crippen LogP contribution in [0.25, 0.3) is 0 Å². The van der Waals surface area contributed by atoms with Crippen LogP contribution in [0, 0.1) is 0 Å². The molecule has 8 heteroatoms. The van der Waals surface area contributed by atoms with Crippen molar-refractivity contribution in [1.29, 1.82) is 0 Å². The van der Waals surface area contributed by atoms with Crippen LogP contribution in [-0.2, 0) is 14.3 Å². The van der Waals surface area contributed by atoms with Gasteiger partial charge in [0.25, 0.3) is 0 Å². The molecule has 0 aliphatic heterocycles. The number of rotatable bonds is 13. The molecule has 0 aromatic rings. The van der Waals surface area contributed by atoms with E-state index in [1.807, 2.05) is 13.8 Å². The number of aliphatic imine (C=N–C) groups is 1. The molecule has 2 N–H and O–H groups in total. The summed E-state index contributed by atoms with van der Waals surface area (Å²) in [6.45, 7) is 8.69. The first-order valence-electron chi connectivity index (χ1n) is 8.49. The normalized spacial score (nSPS) is 10.9.